The van der Waals surface area contributed by atoms with Crippen molar-refractivity contribution >= 4 is 0 Å². The van der Waals surface area contributed by atoms with E-state index in [1.807, 2.05) is 24.4 Å². The third-order valence-corrected chi connectivity index (χ3v) is 3.25. The minimum Gasteiger partial charge on any atom is -0.305 e. The predicted octanol–water partition coefficient (Wildman–Crippen LogP) is 3.43. The Morgan fingerprint density at radius 3 is 2.76 bits per heavy atom. The van der Waals surface area contributed by atoms with Crippen LogP contribution in [0.2, 0.25) is 0 Å². The van der Waals surface area contributed by atoms with Gasteiger partial charge in [0.25, 0.3) is 0 Å². The smallest absolute Gasteiger partial charge is 0.0160 e. The molecule has 1 heterocycles. The van der Waals surface area contributed by atoms with Crippen LogP contribution in [0.4, 0.5) is 0 Å². The van der Waals surface area contributed by atoms with Crippen LogP contribution in [-0.4, -0.2) is 4.98 Å². The molecule has 0 unspecified atom stereocenters. The molecule has 89 valence electrons. The fourth-order valence-corrected chi connectivity index (χ4v) is 2.45. The number of nitrogens with zero attached hydrogens (tertiary/aromatic N) is 1. The summed E-state index contributed by atoms with van der Waals surface area (Å²) in [7, 11) is 0. The summed E-state index contributed by atoms with van der Waals surface area (Å²) in [6, 6.07) is 13.7. The summed E-state index contributed by atoms with van der Waals surface area (Å²) in [6.45, 7) is 0. The Morgan fingerprint density at radius 2 is 1.94 bits per heavy atom. The summed E-state index contributed by atoms with van der Waals surface area (Å²) in [5.41, 5.74) is 5.22. The minimum absolute atomic E-state index is 0. The zero-order valence-corrected chi connectivity index (χ0v) is 12.0. The van der Waals surface area contributed by atoms with Gasteiger partial charge >= 0.3 is 0 Å². The number of benzene rings is 1. The van der Waals surface area contributed by atoms with Crippen LogP contribution in [0.1, 0.15) is 24.0 Å². The number of aromatic nitrogens is 1. The van der Waals surface area contributed by atoms with Crippen molar-refractivity contribution in [1.29, 1.82) is 0 Å². The molecule has 1 radical (unpaired) electrons. The largest absolute Gasteiger partial charge is 0.305 e. The molecule has 0 atom stereocenters. The predicted molar refractivity (Wildman–Crippen MR) is 65.2 cm³/mol. The third-order valence-electron chi connectivity index (χ3n) is 3.25. The number of hydrogen-bond acceptors (Lipinski definition) is 1. The topological polar surface area (TPSA) is 12.9 Å². The van der Waals surface area contributed by atoms with E-state index in [2.05, 4.69) is 23.2 Å². The van der Waals surface area contributed by atoms with Crippen molar-refractivity contribution < 1.29 is 20.1 Å². The molecule has 0 saturated heterocycles. The van der Waals surface area contributed by atoms with Gasteiger partial charge in [-0.1, -0.05) is 31.4 Å². The van der Waals surface area contributed by atoms with Crippen molar-refractivity contribution in [2.24, 2.45) is 0 Å². The summed E-state index contributed by atoms with van der Waals surface area (Å²) in [6.07, 6.45) is 6.86. The van der Waals surface area contributed by atoms with Crippen LogP contribution in [0.15, 0.2) is 36.5 Å². The van der Waals surface area contributed by atoms with Gasteiger partial charge in [0.1, 0.15) is 0 Å². The Bertz CT molecular complexity index is 494. The molecule has 0 N–H and O–H groups in total. The van der Waals surface area contributed by atoms with E-state index in [-0.39, 0.29) is 20.1 Å². The fourth-order valence-electron chi connectivity index (χ4n) is 2.45. The Labute approximate surface area is 116 Å². The molecule has 0 aliphatic heterocycles. The van der Waals surface area contributed by atoms with E-state index >= 15 is 0 Å². The van der Waals surface area contributed by atoms with Crippen molar-refractivity contribution in [3.63, 3.8) is 0 Å². The normalized spacial score (nSPS) is 13.6. The average molecular weight is 401 g/mol. The first-order valence-electron chi connectivity index (χ1n) is 5.89. The van der Waals surface area contributed by atoms with Gasteiger partial charge in [0.2, 0.25) is 0 Å². The van der Waals surface area contributed by atoms with Gasteiger partial charge in [-0.2, -0.15) is 0 Å². The van der Waals surface area contributed by atoms with E-state index in [1.54, 1.807) is 0 Å². The van der Waals surface area contributed by atoms with Gasteiger partial charge in [-0.3, -0.25) is 0 Å². The Hall–Kier alpha value is -0.981. The van der Waals surface area contributed by atoms with Gasteiger partial charge < -0.3 is 4.98 Å². The molecule has 0 fully saturated rings. The Morgan fingerprint density at radius 1 is 1.06 bits per heavy atom. The minimum atomic E-state index is 0. The first-order chi connectivity index (χ1) is 7.95. The first-order valence-corrected chi connectivity index (χ1v) is 5.89. The van der Waals surface area contributed by atoms with Crippen LogP contribution in [0, 0.1) is 6.07 Å². The van der Waals surface area contributed by atoms with Gasteiger partial charge in [-0.15, -0.1) is 34.9 Å². The molecule has 2 aromatic rings. The summed E-state index contributed by atoms with van der Waals surface area (Å²) in [5, 5.41) is 0. The van der Waals surface area contributed by atoms with Crippen LogP contribution >= 0.6 is 0 Å². The van der Waals surface area contributed by atoms with E-state index in [4.69, 9.17) is 0 Å². The molecule has 1 aliphatic rings. The van der Waals surface area contributed by atoms with Gasteiger partial charge in [0.05, 0.1) is 0 Å². The van der Waals surface area contributed by atoms with Crippen LogP contribution in [0.25, 0.3) is 11.3 Å². The van der Waals surface area contributed by atoms with Crippen molar-refractivity contribution in [1.82, 2.24) is 4.98 Å². The maximum atomic E-state index is 4.43. The molecule has 1 nitrogen and oxygen atoms in total. The summed E-state index contributed by atoms with van der Waals surface area (Å²) in [5.74, 6) is 0. The van der Waals surface area contributed by atoms with E-state index in [0.717, 1.165) is 5.69 Å². The maximum Gasteiger partial charge on any atom is 0.0160 e. The second-order valence-electron chi connectivity index (χ2n) is 4.28. The van der Waals surface area contributed by atoms with E-state index in [1.165, 1.54) is 42.4 Å². The van der Waals surface area contributed by atoms with E-state index < -0.39 is 0 Å². The monoisotopic (exact) mass is 401 g/mol. The van der Waals surface area contributed by atoms with Gasteiger partial charge in [-0.25, -0.2) is 0 Å². The second kappa shape index (κ2) is 5.57. The zero-order valence-electron chi connectivity index (χ0n) is 9.57. The molecule has 3 rings (SSSR count). The van der Waals surface area contributed by atoms with Crippen molar-refractivity contribution in [2.75, 3.05) is 0 Å². The summed E-state index contributed by atoms with van der Waals surface area (Å²) in [4.78, 5) is 4.43. The van der Waals surface area contributed by atoms with Gasteiger partial charge in [-0.05, 0) is 18.2 Å². The molecular formula is C15H14IrN-. The Balaban J connectivity index is 0.00000108. The quantitative estimate of drug-likeness (QED) is 0.669. The number of rotatable bonds is 1. The Kier molecular flexibility index (Phi) is 4.09. The van der Waals surface area contributed by atoms with Crippen LogP contribution < -0.4 is 0 Å². The average Bonchev–Trinajstić information content (AvgIpc) is 2.39. The van der Waals surface area contributed by atoms with E-state index in [9.17, 15) is 0 Å². The first kappa shape index (κ1) is 12.5. The molecule has 0 saturated carbocycles. The number of hydrogen-bond donors (Lipinski definition) is 0. The van der Waals surface area contributed by atoms with E-state index in [0.29, 0.717) is 0 Å². The molecule has 1 aromatic heterocycles. The number of aryl methyl sites for hydroxylation is 1. The molecule has 1 aromatic carbocycles. The third kappa shape index (κ3) is 2.48. The number of pyridine rings is 1. The molecule has 0 amide bonds. The second-order valence-corrected chi connectivity index (χ2v) is 4.28. The zero-order chi connectivity index (χ0) is 10.8. The standard InChI is InChI=1S/C15H14N.Ir/c1-2-8-13-12(6-1)7-5-9-14(13)15-10-3-4-11-16-15;/h3-5,7,10-11H,1-2,6,8H2;/q-1;. The SMILES string of the molecule is [Ir].[c-]1ccc2c(c1-c1ccccn1)CCCC2. The molecule has 0 spiro atoms. The molecule has 1 aliphatic carbocycles. The summed E-state index contributed by atoms with van der Waals surface area (Å²) >= 11 is 0. The molecule has 17 heavy (non-hydrogen) atoms. The molecule has 0 bridgehead atoms. The van der Waals surface area contributed by atoms with Crippen molar-refractivity contribution in [3.8, 4) is 11.3 Å². The van der Waals surface area contributed by atoms with Gasteiger partial charge in [0.15, 0.2) is 0 Å². The van der Waals surface area contributed by atoms with Crippen LogP contribution in [-0.2, 0) is 32.9 Å². The van der Waals surface area contributed by atoms with Crippen molar-refractivity contribution in [3.05, 3.63) is 53.7 Å². The fraction of sp³-hybridized carbons (Fsp3) is 0.267. The molecule has 2 heteroatoms. The van der Waals surface area contributed by atoms with Crippen molar-refractivity contribution in [2.45, 2.75) is 25.7 Å². The molecular weight excluding hydrogens is 386 g/mol. The van der Waals surface area contributed by atoms with Gasteiger partial charge in [0, 0.05) is 26.3 Å². The maximum absolute atomic E-state index is 4.43. The number of fused-ring (bicyclic) bond motifs is 1. The van der Waals surface area contributed by atoms with Crippen LogP contribution in [0.5, 0.6) is 0 Å². The van der Waals surface area contributed by atoms with Crippen LogP contribution in [0.3, 0.4) is 0 Å². The summed E-state index contributed by atoms with van der Waals surface area (Å²) < 4.78 is 0.